The minimum absolute atomic E-state index is 0.221. The summed E-state index contributed by atoms with van der Waals surface area (Å²) in [5.74, 6) is 0.459. The van der Waals surface area contributed by atoms with Crippen LogP contribution in [-0.4, -0.2) is 46.5 Å². The predicted octanol–water partition coefficient (Wildman–Crippen LogP) is 4.41. The number of anilines is 3. The lowest BCUT2D eigenvalue weighted by Crippen LogP contribution is -2.08. The molecule has 0 unspecified atom stereocenters. The van der Waals surface area contributed by atoms with Crippen LogP contribution in [0.1, 0.15) is 21.6 Å². The molecule has 192 valence electrons. The molecule has 11 heteroatoms. The third-order valence-corrected chi connectivity index (χ3v) is 5.71. The van der Waals surface area contributed by atoms with Crippen molar-refractivity contribution in [2.45, 2.75) is 13.0 Å². The van der Waals surface area contributed by atoms with Crippen molar-refractivity contribution in [3.8, 4) is 17.0 Å². The number of pyridine rings is 2. The van der Waals surface area contributed by atoms with Crippen LogP contribution in [-0.2, 0) is 29.5 Å². The van der Waals surface area contributed by atoms with Gasteiger partial charge in [0.25, 0.3) is 0 Å². The van der Waals surface area contributed by atoms with Crippen molar-refractivity contribution in [3.63, 3.8) is 0 Å². The van der Waals surface area contributed by atoms with Crippen molar-refractivity contribution < 1.29 is 19.0 Å². The Kier molecular flexibility index (Phi) is 8.22. The lowest BCUT2D eigenvalue weighted by atomic mass is 10.0. The largest absolute Gasteiger partial charge is 0.494 e. The van der Waals surface area contributed by atoms with Gasteiger partial charge in [0.15, 0.2) is 5.75 Å². The van der Waals surface area contributed by atoms with Gasteiger partial charge in [-0.1, -0.05) is 17.7 Å². The summed E-state index contributed by atoms with van der Waals surface area (Å²) in [5, 5.41) is 8.05. The predicted molar refractivity (Wildman–Crippen MR) is 141 cm³/mol. The molecule has 0 aliphatic heterocycles. The second-order valence-electron chi connectivity index (χ2n) is 8.12. The maximum absolute atomic E-state index is 12.3. The summed E-state index contributed by atoms with van der Waals surface area (Å²) < 4.78 is 18.3. The molecule has 0 aliphatic carbocycles. The fourth-order valence-corrected chi connectivity index (χ4v) is 3.95. The smallest absolute Gasteiger partial charge is 0.341 e. The highest BCUT2D eigenvalue weighted by molar-refractivity contribution is 6.29. The first-order valence-electron chi connectivity index (χ1n) is 11.4. The fourth-order valence-electron chi connectivity index (χ4n) is 3.79. The van der Waals surface area contributed by atoms with Crippen LogP contribution >= 0.6 is 11.6 Å². The molecule has 0 saturated carbocycles. The van der Waals surface area contributed by atoms with Gasteiger partial charge in [-0.2, -0.15) is 5.10 Å². The monoisotopic (exact) mass is 522 g/mol. The van der Waals surface area contributed by atoms with Crippen LogP contribution < -0.4 is 15.8 Å². The molecule has 0 radical (unpaired) electrons. The molecule has 3 aromatic heterocycles. The average Bonchev–Trinajstić information content (AvgIpc) is 3.32. The number of esters is 1. The number of methoxy groups -OCH3 is 2. The Morgan fingerprint density at radius 2 is 2.00 bits per heavy atom. The number of ether oxygens (including phenoxy) is 3. The number of halogens is 1. The summed E-state index contributed by atoms with van der Waals surface area (Å²) in [6.45, 7) is 0.788. The van der Waals surface area contributed by atoms with E-state index in [-0.39, 0.29) is 10.7 Å². The minimum atomic E-state index is -0.546. The Hall–Kier alpha value is -4.15. The summed E-state index contributed by atoms with van der Waals surface area (Å²) in [6.07, 6.45) is 3.82. The molecule has 0 saturated heterocycles. The summed E-state index contributed by atoms with van der Waals surface area (Å²) in [7, 11) is 4.73. The SMILES string of the molecule is COC(=O)c1cnc(Cl)cc1Nc1cc(CCOCc2cccc(N)n2)cc(-c2ccn(C)n2)c1OC. The van der Waals surface area contributed by atoms with Gasteiger partial charge in [0.1, 0.15) is 16.5 Å². The molecule has 0 atom stereocenters. The van der Waals surface area contributed by atoms with Gasteiger partial charge in [-0.05, 0) is 48.4 Å². The van der Waals surface area contributed by atoms with E-state index in [1.807, 2.05) is 43.6 Å². The first-order chi connectivity index (χ1) is 17.9. The first-order valence-corrected chi connectivity index (χ1v) is 11.8. The number of aryl methyl sites for hydroxylation is 1. The zero-order valence-electron chi connectivity index (χ0n) is 20.7. The number of nitrogens with one attached hydrogen (secondary N) is 1. The van der Waals surface area contributed by atoms with E-state index in [4.69, 9.17) is 31.5 Å². The van der Waals surface area contributed by atoms with Gasteiger partial charge in [0.05, 0.1) is 50.2 Å². The third-order valence-electron chi connectivity index (χ3n) is 5.50. The first kappa shape index (κ1) is 25.9. The topological polar surface area (TPSA) is 126 Å². The van der Waals surface area contributed by atoms with Crippen molar-refractivity contribution in [3.05, 3.63) is 76.8 Å². The summed E-state index contributed by atoms with van der Waals surface area (Å²) in [5.41, 5.74) is 10.3. The van der Waals surface area contributed by atoms with Gasteiger partial charge in [-0.3, -0.25) is 4.68 Å². The van der Waals surface area contributed by atoms with Crippen LogP contribution in [0.2, 0.25) is 5.15 Å². The highest BCUT2D eigenvalue weighted by Crippen LogP contribution is 2.39. The molecule has 4 rings (SSSR count). The summed E-state index contributed by atoms with van der Waals surface area (Å²) >= 11 is 6.13. The maximum atomic E-state index is 12.3. The van der Waals surface area contributed by atoms with Crippen molar-refractivity contribution >= 4 is 34.8 Å². The molecule has 0 bridgehead atoms. The van der Waals surface area contributed by atoms with Crippen LogP contribution in [0, 0.1) is 0 Å². The van der Waals surface area contributed by atoms with Gasteiger partial charge in [0, 0.05) is 25.0 Å². The standard InChI is InChI=1S/C26H27ClN6O4/c1-33-9-7-20(32-33)18-11-16(8-10-37-15-17-5-4-6-24(28)30-17)12-22(25(18)35-2)31-21-13-23(27)29-14-19(21)26(34)36-3/h4-7,9,11-14H,8,10,15H2,1-3H3,(H2,28,30)(H,29,31). The number of benzene rings is 1. The van der Waals surface area contributed by atoms with Gasteiger partial charge >= 0.3 is 5.97 Å². The second-order valence-corrected chi connectivity index (χ2v) is 8.51. The molecule has 0 amide bonds. The molecule has 3 N–H and O–H groups in total. The second kappa shape index (κ2) is 11.7. The van der Waals surface area contributed by atoms with Gasteiger partial charge < -0.3 is 25.3 Å². The lowest BCUT2D eigenvalue weighted by molar-refractivity contribution is 0.0601. The van der Waals surface area contributed by atoms with Crippen LogP contribution in [0.15, 0.2) is 54.9 Å². The number of hydrogen-bond acceptors (Lipinski definition) is 9. The molecule has 0 spiro atoms. The van der Waals surface area contributed by atoms with Crippen LogP contribution in [0.3, 0.4) is 0 Å². The van der Waals surface area contributed by atoms with Gasteiger partial charge in [0.2, 0.25) is 0 Å². The van der Waals surface area contributed by atoms with Crippen LogP contribution in [0.25, 0.3) is 11.3 Å². The Morgan fingerprint density at radius 3 is 2.70 bits per heavy atom. The molecule has 1 aromatic carbocycles. The molecule has 0 aliphatic rings. The Bertz CT molecular complexity index is 1410. The van der Waals surface area contributed by atoms with Gasteiger partial charge in [-0.25, -0.2) is 14.8 Å². The Balaban J connectivity index is 1.66. The molecule has 37 heavy (non-hydrogen) atoms. The number of hydrogen-bond donors (Lipinski definition) is 2. The highest BCUT2D eigenvalue weighted by Gasteiger charge is 2.19. The number of rotatable bonds is 10. The van der Waals surface area contributed by atoms with E-state index in [1.54, 1.807) is 23.9 Å². The number of nitrogens with zero attached hydrogens (tertiary/aromatic N) is 4. The van der Waals surface area contributed by atoms with Gasteiger partial charge in [-0.15, -0.1) is 0 Å². The summed E-state index contributed by atoms with van der Waals surface area (Å²) in [6, 6.07) is 12.8. The van der Waals surface area contributed by atoms with Crippen LogP contribution in [0.5, 0.6) is 5.75 Å². The van der Waals surface area contributed by atoms with E-state index in [0.29, 0.717) is 42.6 Å². The Labute approximate surface area is 219 Å². The van der Waals surface area contributed by atoms with E-state index >= 15 is 0 Å². The third kappa shape index (κ3) is 6.35. The fraction of sp³-hybridized carbons (Fsp3) is 0.231. The highest BCUT2D eigenvalue weighted by atomic mass is 35.5. The Morgan fingerprint density at radius 1 is 1.16 bits per heavy atom. The van der Waals surface area contributed by atoms with Crippen LogP contribution in [0.4, 0.5) is 17.2 Å². The molecule has 10 nitrogen and oxygen atoms in total. The maximum Gasteiger partial charge on any atom is 0.341 e. The van der Waals surface area contributed by atoms with E-state index in [0.717, 1.165) is 22.5 Å². The lowest BCUT2D eigenvalue weighted by Gasteiger charge is -2.18. The summed E-state index contributed by atoms with van der Waals surface area (Å²) in [4.78, 5) is 20.6. The molecule has 3 heterocycles. The van der Waals surface area contributed by atoms with Crippen molar-refractivity contribution in [1.82, 2.24) is 19.7 Å². The molecular formula is C26H27ClN6O4. The average molecular weight is 523 g/mol. The normalized spacial score (nSPS) is 10.8. The molecule has 0 fully saturated rings. The van der Waals surface area contributed by atoms with E-state index in [2.05, 4.69) is 20.4 Å². The van der Waals surface area contributed by atoms with E-state index in [1.165, 1.54) is 13.3 Å². The number of carbonyl (C=O) groups excluding carboxylic acids is 1. The van der Waals surface area contributed by atoms with E-state index < -0.39 is 5.97 Å². The minimum Gasteiger partial charge on any atom is -0.494 e. The van der Waals surface area contributed by atoms with E-state index in [9.17, 15) is 4.79 Å². The zero-order chi connectivity index (χ0) is 26.4. The molecule has 4 aromatic rings. The van der Waals surface area contributed by atoms with Crippen molar-refractivity contribution in [2.24, 2.45) is 7.05 Å². The zero-order valence-corrected chi connectivity index (χ0v) is 21.5. The quantitative estimate of drug-likeness (QED) is 0.177. The molecular weight excluding hydrogens is 496 g/mol. The number of carbonyl (C=O) groups is 1. The number of nitrogens with two attached hydrogens (primary N) is 1. The van der Waals surface area contributed by atoms with Crippen molar-refractivity contribution in [2.75, 3.05) is 31.9 Å². The van der Waals surface area contributed by atoms with Crippen molar-refractivity contribution in [1.29, 1.82) is 0 Å². The number of aromatic nitrogens is 4. The number of nitrogen functional groups attached to an aromatic ring is 1.